The molecule has 2 heterocycles. The zero-order valence-corrected chi connectivity index (χ0v) is 10.8. The molecular weight excluding hydrogens is 246 g/mol. The maximum Gasteiger partial charge on any atom is 0.320 e. The minimum Gasteiger partial charge on any atom is -0.480 e. The molecule has 6 nitrogen and oxygen atoms in total. The van der Waals surface area contributed by atoms with E-state index < -0.39 is 12.0 Å². The third-order valence-electron chi connectivity index (χ3n) is 2.90. The highest BCUT2D eigenvalue weighted by atomic mass is 16.4. The van der Waals surface area contributed by atoms with Gasteiger partial charge in [0.1, 0.15) is 11.7 Å². The highest BCUT2D eigenvalue weighted by molar-refractivity contribution is 5.72. The summed E-state index contributed by atoms with van der Waals surface area (Å²) in [4.78, 5) is 27.0. The molecule has 2 rings (SSSR count). The van der Waals surface area contributed by atoms with E-state index in [2.05, 4.69) is 10.3 Å². The number of hydrogen-bond donors (Lipinski definition) is 2. The van der Waals surface area contributed by atoms with Gasteiger partial charge in [-0.3, -0.25) is 19.3 Å². The summed E-state index contributed by atoms with van der Waals surface area (Å²) in [7, 11) is 0. The molecule has 0 fully saturated rings. The second kappa shape index (κ2) is 5.19. The molecule has 2 aromatic rings. The summed E-state index contributed by atoms with van der Waals surface area (Å²) in [5, 5.41) is 11.6. The normalized spacial score (nSPS) is 12.5. The maximum absolute atomic E-state index is 11.9. The average Bonchev–Trinajstić information content (AvgIpc) is 2.37. The Kier molecular flexibility index (Phi) is 3.62. The van der Waals surface area contributed by atoms with E-state index in [1.165, 1.54) is 10.5 Å². The number of nitrogens with zero attached hydrogens (tertiary/aromatic N) is 2. The Bertz CT molecular complexity index is 678. The number of carboxylic acid groups (broad SMARTS) is 1. The number of pyridine rings is 1. The Morgan fingerprint density at radius 3 is 3.00 bits per heavy atom. The van der Waals surface area contributed by atoms with Crippen LogP contribution in [0.4, 0.5) is 0 Å². The molecule has 0 aliphatic heterocycles. The summed E-state index contributed by atoms with van der Waals surface area (Å²) in [5.74, 6) is -0.936. The van der Waals surface area contributed by atoms with Gasteiger partial charge in [-0.15, -0.1) is 0 Å². The molecule has 0 spiro atoms. The number of aliphatic carboxylic acids is 1. The Balaban J connectivity index is 2.33. The standard InChI is InChI=1S/C13H15N3O3/c1-8-4-3-5-16-11(17)6-10(15-12(8)16)7-14-9(2)13(18)19/h3-6,9,14H,7H2,1-2H3,(H,18,19)/t9-/m0/s1. The van der Waals surface area contributed by atoms with E-state index in [9.17, 15) is 9.59 Å². The molecule has 100 valence electrons. The average molecular weight is 261 g/mol. The van der Waals surface area contributed by atoms with Crippen LogP contribution in [0.15, 0.2) is 29.2 Å². The van der Waals surface area contributed by atoms with Gasteiger partial charge in [0, 0.05) is 18.8 Å². The summed E-state index contributed by atoms with van der Waals surface area (Å²) >= 11 is 0. The first-order valence-corrected chi connectivity index (χ1v) is 5.93. The van der Waals surface area contributed by atoms with Crippen LogP contribution in [0.2, 0.25) is 0 Å². The Morgan fingerprint density at radius 2 is 2.32 bits per heavy atom. The van der Waals surface area contributed by atoms with E-state index in [0.29, 0.717) is 11.3 Å². The third-order valence-corrected chi connectivity index (χ3v) is 2.90. The fourth-order valence-electron chi connectivity index (χ4n) is 1.74. The third kappa shape index (κ3) is 2.79. The Morgan fingerprint density at radius 1 is 1.58 bits per heavy atom. The molecule has 0 aromatic carbocycles. The SMILES string of the molecule is Cc1cccn2c(=O)cc(CN[C@@H](C)C(=O)O)nc12. The zero-order valence-electron chi connectivity index (χ0n) is 10.8. The Labute approximate surface area is 109 Å². The van der Waals surface area contributed by atoms with E-state index in [4.69, 9.17) is 5.11 Å². The molecule has 0 amide bonds. The molecule has 0 bridgehead atoms. The zero-order chi connectivity index (χ0) is 14.0. The van der Waals surface area contributed by atoms with Crippen molar-refractivity contribution in [2.45, 2.75) is 26.4 Å². The van der Waals surface area contributed by atoms with Gasteiger partial charge in [0.05, 0.1) is 5.69 Å². The number of nitrogens with one attached hydrogen (secondary N) is 1. The summed E-state index contributed by atoms with van der Waals surface area (Å²) in [6, 6.07) is 4.39. The van der Waals surface area contributed by atoms with Crippen LogP contribution in [0.5, 0.6) is 0 Å². The van der Waals surface area contributed by atoms with Crippen molar-refractivity contribution in [1.29, 1.82) is 0 Å². The molecule has 2 aromatic heterocycles. The van der Waals surface area contributed by atoms with Gasteiger partial charge in [-0.1, -0.05) is 6.07 Å². The lowest BCUT2D eigenvalue weighted by Gasteiger charge is -2.09. The molecule has 0 saturated heterocycles. The number of fused-ring (bicyclic) bond motifs is 1. The molecule has 0 saturated carbocycles. The summed E-state index contributed by atoms with van der Waals surface area (Å²) < 4.78 is 1.47. The minimum atomic E-state index is -0.936. The van der Waals surface area contributed by atoms with Crippen LogP contribution in [-0.4, -0.2) is 26.5 Å². The van der Waals surface area contributed by atoms with Crippen molar-refractivity contribution >= 4 is 11.6 Å². The van der Waals surface area contributed by atoms with Crippen LogP contribution < -0.4 is 10.9 Å². The predicted octanol–water partition coefficient (Wildman–Crippen LogP) is 0.566. The van der Waals surface area contributed by atoms with Gasteiger partial charge in [0.2, 0.25) is 0 Å². The smallest absolute Gasteiger partial charge is 0.320 e. The first-order valence-electron chi connectivity index (χ1n) is 5.93. The topological polar surface area (TPSA) is 83.7 Å². The van der Waals surface area contributed by atoms with Crippen molar-refractivity contribution in [3.63, 3.8) is 0 Å². The fraction of sp³-hybridized carbons (Fsp3) is 0.308. The van der Waals surface area contributed by atoms with Crippen LogP contribution in [0.1, 0.15) is 18.2 Å². The number of carboxylic acids is 1. The van der Waals surface area contributed by atoms with Gasteiger partial charge in [0.25, 0.3) is 5.56 Å². The lowest BCUT2D eigenvalue weighted by atomic mass is 10.2. The lowest BCUT2D eigenvalue weighted by molar-refractivity contribution is -0.139. The molecule has 2 N–H and O–H groups in total. The van der Waals surface area contributed by atoms with Crippen molar-refractivity contribution in [3.05, 3.63) is 46.0 Å². The van der Waals surface area contributed by atoms with Gasteiger partial charge in [-0.25, -0.2) is 4.98 Å². The quantitative estimate of drug-likeness (QED) is 0.840. The van der Waals surface area contributed by atoms with Gasteiger partial charge in [-0.05, 0) is 25.5 Å². The maximum atomic E-state index is 11.9. The van der Waals surface area contributed by atoms with Gasteiger partial charge in [-0.2, -0.15) is 0 Å². The molecule has 0 radical (unpaired) electrons. The summed E-state index contributed by atoms with van der Waals surface area (Å²) in [6.45, 7) is 3.66. The number of hydrogen-bond acceptors (Lipinski definition) is 4. The second-order valence-corrected chi connectivity index (χ2v) is 4.41. The number of aromatic nitrogens is 2. The van der Waals surface area contributed by atoms with Gasteiger partial charge >= 0.3 is 5.97 Å². The molecule has 19 heavy (non-hydrogen) atoms. The number of rotatable bonds is 4. The summed E-state index contributed by atoms with van der Waals surface area (Å²) in [6.07, 6.45) is 1.66. The van der Waals surface area contributed by atoms with Crippen LogP contribution in [-0.2, 0) is 11.3 Å². The minimum absolute atomic E-state index is 0.173. The van der Waals surface area contributed by atoms with E-state index in [1.807, 2.05) is 13.0 Å². The fourth-order valence-corrected chi connectivity index (χ4v) is 1.74. The van der Waals surface area contributed by atoms with Crippen LogP contribution in [0, 0.1) is 6.92 Å². The first-order chi connectivity index (χ1) is 8.99. The summed E-state index contributed by atoms with van der Waals surface area (Å²) in [5.41, 5.74) is 1.85. The number of aryl methyl sites for hydroxylation is 1. The molecule has 0 aliphatic rings. The van der Waals surface area contributed by atoms with E-state index in [0.717, 1.165) is 5.56 Å². The second-order valence-electron chi connectivity index (χ2n) is 4.41. The van der Waals surface area contributed by atoms with E-state index in [1.54, 1.807) is 19.2 Å². The lowest BCUT2D eigenvalue weighted by Crippen LogP contribution is -2.33. The van der Waals surface area contributed by atoms with E-state index >= 15 is 0 Å². The molecule has 6 heteroatoms. The largest absolute Gasteiger partial charge is 0.480 e. The molecular formula is C13H15N3O3. The molecule has 0 aliphatic carbocycles. The highest BCUT2D eigenvalue weighted by Gasteiger charge is 2.11. The van der Waals surface area contributed by atoms with Crippen LogP contribution >= 0.6 is 0 Å². The van der Waals surface area contributed by atoms with Crippen LogP contribution in [0.25, 0.3) is 5.65 Å². The van der Waals surface area contributed by atoms with Crippen molar-refractivity contribution in [2.24, 2.45) is 0 Å². The Hall–Kier alpha value is -2.21. The van der Waals surface area contributed by atoms with Gasteiger partial charge in [0.15, 0.2) is 0 Å². The van der Waals surface area contributed by atoms with Crippen molar-refractivity contribution in [1.82, 2.24) is 14.7 Å². The monoisotopic (exact) mass is 261 g/mol. The van der Waals surface area contributed by atoms with Crippen LogP contribution in [0.3, 0.4) is 0 Å². The van der Waals surface area contributed by atoms with E-state index in [-0.39, 0.29) is 12.1 Å². The number of carbonyl (C=O) groups is 1. The van der Waals surface area contributed by atoms with Crippen molar-refractivity contribution < 1.29 is 9.90 Å². The first kappa shape index (κ1) is 13.2. The predicted molar refractivity (Wildman–Crippen MR) is 70.1 cm³/mol. The molecule has 0 unspecified atom stereocenters. The molecule has 1 atom stereocenters. The van der Waals surface area contributed by atoms with Crippen molar-refractivity contribution in [2.75, 3.05) is 0 Å². The highest BCUT2D eigenvalue weighted by Crippen LogP contribution is 2.05. The van der Waals surface area contributed by atoms with Gasteiger partial charge < -0.3 is 5.11 Å². The van der Waals surface area contributed by atoms with Crippen molar-refractivity contribution in [3.8, 4) is 0 Å².